The number of H-pyrrole nitrogens is 1. The number of hydrogen-bond donors (Lipinski definition) is 3. The Morgan fingerprint density at radius 2 is 2.11 bits per heavy atom. The third-order valence-corrected chi connectivity index (χ3v) is 8.12. The lowest BCUT2D eigenvalue weighted by atomic mass is 10.0. The summed E-state index contributed by atoms with van der Waals surface area (Å²) in [6.45, 7) is 2.79. The average molecular weight is 558 g/mol. The molecule has 4 heterocycles. The molecule has 206 valence electrons. The van der Waals surface area contributed by atoms with Crippen LogP contribution in [0.5, 0.6) is 0 Å². The summed E-state index contributed by atoms with van der Waals surface area (Å²) in [6.07, 6.45) is -6.50. The first-order valence-corrected chi connectivity index (χ1v) is 13.3. The summed E-state index contributed by atoms with van der Waals surface area (Å²) in [5.74, 6) is -0.569. The molecule has 3 aromatic rings. The van der Waals surface area contributed by atoms with E-state index in [1.54, 1.807) is 23.8 Å². The van der Waals surface area contributed by atoms with Crippen molar-refractivity contribution in [2.75, 3.05) is 18.9 Å². The zero-order valence-corrected chi connectivity index (χ0v) is 21.2. The molecule has 15 heteroatoms. The first-order valence-electron chi connectivity index (χ1n) is 11.8. The summed E-state index contributed by atoms with van der Waals surface area (Å²) in [5.41, 5.74) is 5.26. The number of phosphoric acid groups is 1. The zero-order valence-electron chi connectivity index (χ0n) is 20.3. The Morgan fingerprint density at radius 1 is 1.34 bits per heavy atom. The fraction of sp³-hybridized carbons (Fsp3) is 0.478. The number of phosphoric ester groups is 1. The predicted molar refractivity (Wildman–Crippen MR) is 128 cm³/mol. The predicted octanol–water partition coefficient (Wildman–Crippen LogP) is 3.83. The molecule has 0 radical (unpaired) electrons. The maximum atomic E-state index is 13.3. The van der Waals surface area contributed by atoms with E-state index in [1.807, 2.05) is 0 Å². The summed E-state index contributed by atoms with van der Waals surface area (Å²) in [6, 6.07) is 5.04. The zero-order chi connectivity index (χ0) is 27.4. The van der Waals surface area contributed by atoms with Gasteiger partial charge < -0.3 is 20.1 Å². The van der Waals surface area contributed by atoms with E-state index < -0.39 is 55.6 Å². The number of rotatable bonds is 5. The van der Waals surface area contributed by atoms with Gasteiger partial charge in [-0.05, 0) is 30.7 Å². The van der Waals surface area contributed by atoms with Crippen molar-refractivity contribution in [1.29, 1.82) is 0 Å². The highest BCUT2D eigenvalue weighted by atomic mass is 31.2. The van der Waals surface area contributed by atoms with Crippen LogP contribution in [-0.2, 0) is 29.0 Å². The lowest BCUT2D eigenvalue weighted by molar-refractivity contribution is -0.137. The van der Waals surface area contributed by atoms with Crippen LogP contribution < -0.4 is 11.3 Å². The molecule has 2 fully saturated rings. The molecule has 0 aliphatic carbocycles. The second-order valence-electron chi connectivity index (χ2n) is 9.42. The Balaban J connectivity index is 1.30. The lowest BCUT2D eigenvalue weighted by Crippen LogP contribution is -2.29. The molecule has 11 nitrogen and oxygen atoms in total. The largest absolute Gasteiger partial charge is 0.475 e. The van der Waals surface area contributed by atoms with Crippen molar-refractivity contribution in [2.45, 2.75) is 51.0 Å². The van der Waals surface area contributed by atoms with Crippen LogP contribution in [0, 0.1) is 12.8 Å². The molecule has 0 saturated carbocycles. The quantitative estimate of drug-likeness (QED) is 0.397. The second-order valence-corrected chi connectivity index (χ2v) is 11.0. The van der Waals surface area contributed by atoms with Gasteiger partial charge in [0.15, 0.2) is 5.65 Å². The summed E-state index contributed by atoms with van der Waals surface area (Å²) >= 11 is 0. The van der Waals surface area contributed by atoms with Gasteiger partial charge in [0.2, 0.25) is 5.95 Å². The van der Waals surface area contributed by atoms with Crippen LogP contribution >= 0.6 is 7.82 Å². The van der Waals surface area contributed by atoms with Crippen molar-refractivity contribution in [1.82, 2.24) is 14.5 Å². The number of anilines is 1. The Kier molecular flexibility index (Phi) is 6.91. The van der Waals surface area contributed by atoms with E-state index >= 15 is 0 Å². The highest BCUT2D eigenvalue weighted by Crippen LogP contribution is 2.57. The number of halogens is 3. The summed E-state index contributed by atoms with van der Waals surface area (Å²) in [5, 5.41) is 11.1. The van der Waals surface area contributed by atoms with E-state index in [-0.39, 0.29) is 42.2 Å². The molecule has 1 aromatic carbocycles. The molecule has 1 unspecified atom stereocenters. The van der Waals surface area contributed by atoms with E-state index in [0.29, 0.717) is 5.56 Å². The van der Waals surface area contributed by atoms with Crippen LogP contribution in [0.2, 0.25) is 0 Å². The molecule has 2 aliphatic heterocycles. The van der Waals surface area contributed by atoms with Crippen LogP contribution in [0.25, 0.3) is 11.0 Å². The van der Waals surface area contributed by atoms with Gasteiger partial charge in [0.25, 0.3) is 5.56 Å². The first kappa shape index (κ1) is 26.9. The van der Waals surface area contributed by atoms with E-state index in [1.165, 1.54) is 13.0 Å². The summed E-state index contributed by atoms with van der Waals surface area (Å²) in [4.78, 5) is 18.7. The highest BCUT2D eigenvalue weighted by Gasteiger charge is 2.45. The smallest absolute Gasteiger partial charge is 0.390 e. The molecule has 6 atom stereocenters. The normalized spacial score (nSPS) is 30.2. The van der Waals surface area contributed by atoms with Crippen molar-refractivity contribution in [3.63, 3.8) is 0 Å². The molecule has 0 spiro atoms. The first-order chi connectivity index (χ1) is 17.8. The minimum atomic E-state index is -4.55. The van der Waals surface area contributed by atoms with E-state index in [4.69, 9.17) is 24.0 Å². The lowest BCUT2D eigenvalue weighted by Gasteiger charge is -2.30. The van der Waals surface area contributed by atoms with Gasteiger partial charge in [-0.25, -0.2) is 4.57 Å². The molecule has 2 aliphatic rings. The highest BCUT2D eigenvalue weighted by molar-refractivity contribution is 7.48. The molecule has 0 amide bonds. The van der Waals surface area contributed by atoms with Gasteiger partial charge in [-0.1, -0.05) is 18.6 Å². The van der Waals surface area contributed by atoms with Crippen molar-refractivity contribution >= 4 is 24.8 Å². The number of nitrogens with zero attached hydrogens (tertiary/aromatic N) is 2. The van der Waals surface area contributed by atoms with Gasteiger partial charge in [-0.2, -0.15) is 18.2 Å². The maximum Gasteiger partial charge on any atom is 0.475 e. The van der Waals surface area contributed by atoms with E-state index in [0.717, 1.165) is 12.1 Å². The van der Waals surface area contributed by atoms with Crippen molar-refractivity contribution in [2.24, 2.45) is 5.92 Å². The monoisotopic (exact) mass is 558 g/mol. The third-order valence-electron chi connectivity index (χ3n) is 6.64. The van der Waals surface area contributed by atoms with Crippen molar-refractivity contribution in [3.8, 4) is 0 Å². The number of benzene rings is 1. The van der Waals surface area contributed by atoms with Gasteiger partial charge in [-0.3, -0.25) is 23.3 Å². The van der Waals surface area contributed by atoms with Crippen LogP contribution in [0.15, 0.2) is 35.3 Å². The topological polar surface area (TPSA) is 151 Å². The number of alkyl halides is 3. The Hall–Kier alpha value is -2.74. The molecule has 4 N–H and O–H groups in total. The SMILES string of the molecule is Cc1cc([C@H]2CCOP(=O)(OC[C@H]3O[C@@H](n4ccc5c(=O)[nH]c(N)nc54)[C@@H](C)[C@@H]3O)O2)cc(C(F)(F)F)c1. The van der Waals surface area contributed by atoms with Gasteiger partial charge in [0.1, 0.15) is 12.3 Å². The number of aryl methyl sites for hydroxylation is 1. The van der Waals surface area contributed by atoms with Crippen molar-refractivity contribution in [3.05, 3.63) is 57.5 Å². The number of aromatic amines is 1. The molecular weight excluding hydrogens is 532 g/mol. The number of fused-ring (bicyclic) bond motifs is 1. The maximum absolute atomic E-state index is 13.3. The molecule has 2 aromatic heterocycles. The van der Waals surface area contributed by atoms with Crippen LogP contribution in [-0.4, -0.2) is 45.1 Å². The fourth-order valence-corrected chi connectivity index (χ4v) is 6.14. The summed E-state index contributed by atoms with van der Waals surface area (Å²) < 4.78 is 76.8. The standard InChI is InChI=1S/C23H26F3N4O7P/c1-11-7-13(9-14(8-11)23(24,25)26)16-4-6-34-38(33,37-16)35-10-17-18(31)12(2)21(36-17)30-5-3-15-19(30)28-22(27)29-20(15)32/h3,5,7-9,12,16-18,21,31H,4,6,10H2,1-2H3,(H3,27,28,29,32)/t12-,16+,17+,18-,21+,38?/m0/s1. The molecule has 5 rings (SSSR count). The Labute approximate surface area is 214 Å². The van der Waals surface area contributed by atoms with Crippen LogP contribution in [0.4, 0.5) is 19.1 Å². The van der Waals surface area contributed by atoms with E-state index in [9.17, 15) is 27.6 Å². The number of nitrogens with one attached hydrogen (secondary N) is 1. The fourth-order valence-electron chi connectivity index (χ4n) is 4.75. The minimum absolute atomic E-state index is 0.0681. The summed E-state index contributed by atoms with van der Waals surface area (Å²) in [7, 11) is -4.19. The Morgan fingerprint density at radius 3 is 2.84 bits per heavy atom. The third kappa shape index (κ3) is 5.12. The molecular formula is C23H26F3N4O7P. The minimum Gasteiger partial charge on any atom is -0.390 e. The number of aliphatic hydroxyl groups excluding tert-OH is 1. The molecule has 2 saturated heterocycles. The number of aliphatic hydroxyl groups is 1. The average Bonchev–Trinajstić information content (AvgIpc) is 3.38. The van der Waals surface area contributed by atoms with Gasteiger partial charge in [0, 0.05) is 18.5 Å². The number of hydrogen-bond acceptors (Lipinski definition) is 9. The number of aromatic nitrogens is 3. The molecule has 38 heavy (non-hydrogen) atoms. The van der Waals surface area contributed by atoms with Crippen LogP contribution in [0.1, 0.15) is 42.4 Å². The molecule has 0 bridgehead atoms. The number of nitrogens with two attached hydrogens (primary N) is 1. The number of ether oxygens (including phenoxy) is 1. The van der Waals surface area contributed by atoms with Gasteiger partial charge >= 0.3 is 14.0 Å². The Bertz CT molecular complexity index is 1460. The number of nitrogen functional groups attached to an aromatic ring is 1. The van der Waals surface area contributed by atoms with Gasteiger partial charge in [-0.15, -0.1) is 0 Å². The van der Waals surface area contributed by atoms with Crippen LogP contribution in [0.3, 0.4) is 0 Å². The van der Waals surface area contributed by atoms with E-state index in [2.05, 4.69) is 9.97 Å². The van der Waals surface area contributed by atoms with Gasteiger partial charge in [0.05, 0.1) is 36.4 Å². The second kappa shape index (κ2) is 9.78. The van der Waals surface area contributed by atoms with Crippen molar-refractivity contribution < 1.29 is 41.2 Å².